The summed E-state index contributed by atoms with van der Waals surface area (Å²) in [6, 6.07) is 24.4. The zero-order chi connectivity index (χ0) is 22.3. The van der Waals surface area contributed by atoms with Gasteiger partial charge >= 0.3 is 12.1 Å². The van der Waals surface area contributed by atoms with Gasteiger partial charge in [0.1, 0.15) is 6.61 Å². The van der Waals surface area contributed by atoms with Crippen molar-refractivity contribution in [1.82, 2.24) is 5.32 Å². The van der Waals surface area contributed by atoms with Crippen LogP contribution in [0.5, 0.6) is 0 Å². The van der Waals surface area contributed by atoms with E-state index in [2.05, 4.69) is 29.6 Å². The summed E-state index contributed by atoms with van der Waals surface area (Å²) in [6.07, 6.45) is 0.512. The van der Waals surface area contributed by atoms with Gasteiger partial charge in [-0.3, -0.25) is 4.79 Å². The highest BCUT2D eigenvalue weighted by Crippen LogP contribution is 2.44. The number of hydrogen-bond donors (Lipinski definition) is 1. The van der Waals surface area contributed by atoms with Crippen LogP contribution in [0.1, 0.15) is 41.5 Å². The van der Waals surface area contributed by atoms with Gasteiger partial charge in [0.25, 0.3) is 0 Å². The zero-order valence-corrected chi connectivity index (χ0v) is 18.2. The van der Waals surface area contributed by atoms with E-state index < -0.39 is 6.09 Å². The van der Waals surface area contributed by atoms with Gasteiger partial charge in [0.2, 0.25) is 0 Å². The molecule has 0 atom stereocenters. The fourth-order valence-electron chi connectivity index (χ4n) is 4.20. The molecule has 1 N–H and O–H groups in total. The highest BCUT2D eigenvalue weighted by atomic mass is 16.5. The van der Waals surface area contributed by atoms with Crippen LogP contribution in [0, 0.1) is 0 Å². The number of fused-ring (bicyclic) bond motifs is 3. The van der Waals surface area contributed by atoms with E-state index in [0.29, 0.717) is 32.6 Å². The zero-order valence-electron chi connectivity index (χ0n) is 18.2. The summed E-state index contributed by atoms with van der Waals surface area (Å²) in [5.74, 6) is -0.158. The van der Waals surface area contributed by atoms with Crippen LogP contribution in [0.3, 0.4) is 0 Å². The maximum atomic E-state index is 12.4. The van der Waals surface area contributed by atoms with Crippen molar-refractivity contribution in [3.63, 3.8) is 0 Å². The molecule has 3 aromatic rings. The van der Waals surface area contributed by atoms with E-state index >= 15 is 0 Å². The Balaban J connectivity index is 1.31. The summed E-state index contributed by atoms with van der Waals surface area (Å²) in [4.78, 5) is 23.9. The summed E-state index contributed by atoms with van der Waals surface area (Å²) >= 11 is 0. The van der Waals surface area contributed by atoms with E-state index in [-0.39, 0.29) is 11.9 Å². The van der Waals surface area contributed by atoms with E-state index in [4.69, 9.17) is 9.47 Å². The number of carbonyl (C=O) groups is 2. The first kappa shape index (κ1) is 21.6. The van der Waals surface area contributed by atoms with Crippen LogP contribution >= 0.6 is 0 Å². The van der Waals surface area contributed by atoms with Crippen molar-refractivity contribution in [3.05, 3.63) is 95.1 Å². The van der Waals surface area contributed by atoms with Crippen molar-refractivity contribution < 1.29 is 19.1 Å². The molecule has 0 bridgehead atoms. The number of esters is 1. The van der Waals surface area contributed by atoms with Gasteiger partial charge in [-0.2, -0.15) is 0 Å². The largest absolute Gasteiger partial charge is 0.466 e. The van der Waals surface area contributed by atoms with E-state index in [1.807, 2.05) is 48.5 Å². The van der Waals surface area contributed by atoms with Crippen LogP contribution in [-0.2, 0) is 27.2 Å². The Kier molecular flexibility index (Phi) is 6.85. The van der Waals surface area contributed by atoms with E-state index in [1.165, 1.54) is 22.3 Å². The van der Waals surface area contributed by atoms with Crippen LogP contribution in [0.2, 0.25) is 0 Å². The lowest BCUT2D eigenvalue weighted by atomic mass is 9.98. The predicted octanol–water partition coefficient (Wildman–Crippen LogP) is 5.22. The van der Waals surface area contributed by atoms with Crippen LogP contribution < -0.4 is 5.32 Å². The first-order valence-corrected chi connectivity index (χ1v) is 11.0. The average Bonchev–Trinajstić information content (AvgIpc) is 3.14. The molecule has 5 nitrogen and oxygen atoms in total. The second kappa shape index (κ2) is 10.1. The van der Waals surface area contributed by atoms with Gasteiger partial charge in [-0.25, -0.2) is 4.79 Å². The number of nitrogens with one attached hydrogen (secondary N) is 1. The summed E-state index contributed by atoms with van der Waals surface area (Å²) < 4.78 is 10.6. The van der Waals surface area contributed by atoms with Gasteiger partial charge in [0.05, 0.1) is 6.61 Å². The first-order chi connectivity index (χ1) is 15.7. The highest BCUT2D eigenvalue weighted by molar-refractivity contribution is 5.79. The second-order valence-corrected chi connectivity index (χ2v) is 7.80. The third kappa shape index (κ3) is 4.99. The molecule has 0 spiro atoms. The van der Waals surface area contributed by atoms with E-state index in [9.17, 15) is 9.59 Å². The van der Waals surface area contributed by atoms with Crippen molar-refractivity contribution in [3.8, 4) is 11.1 Å². The van der Waals surface area contributed by atoms with Crippen LogP contribution in [-0.4, -0.2) is 25.3 Å². The minimum Gasteiger partial charge on any atom is -0.466 e. The number of aryl methyl sites for hydroxylation is 1. The Labute approximate surface area is 188 Å². The molecule has 1 amide bonds. The molecule has 0 fully saturated rings. The molecule has 0 saturated carbocycles. The van der Waals surface area contributed by atoms with Crippen molar-refractivity contribution in [1.29, 1.82) is 0 Å². The van der Waals surface area contributed by atoms with Crippen molar-refractivity contribution in [2.75, 3.05) is 13.2 Å². The molecule has 1 aliphatic carbocycles. The number of alkyl carbamates (subject to hydrolysis) is 1. The number of benzene rings is 3. The lowest BCUT2D eigenvalue weighted by Crippen LogP contribution is -2.25. The Morgan fingerprint density at radius 1 is 0.844 bits per heavy atom. The molecule has 0 heterocycles. The molecule has 0 radical (unpaired) electrons. The Morgan fingerprint density at radius 2 is 1.50 bits per heavy atom. The summed E-state index contributed by atoms with van der Waals surface area (Å²) in [7, 11) is 0. The fraction of sp³-hybridized carbons (Fsp3) is 0.259. The smallest absolute Gasteiger partial charge is 0.407 e. The minimum atomic E-state index is -0.441. The van der Waals surface area contributed by atoms with Gasteiger partial charge in [-0.1, -0.05) is 72.8 Å². The van der Waals surface area contributed by atoms with Gasteiger partial charge in [0.15, 0.2) is 0 Å². The minimum absolute atomic E-state index is 0.0411. The van der Waals surface area contributed by atoms with Gasteiger partial charge in [0, 0.05) is 18.9 Å². The fourth-order valence-corrected chi connectivity index (χ4v) is 4.20. The SMILES string of the molecule is CCOC(=O)CCc1cccc(CNC(=O)OCC2c3ccccc3-c3ccccc32)c1. The molecule has 4 rings (SSSR count). The maximum absolute atomic E-state index is 12.4. The quantitative estimate of drug-likeness (QED) is 0.499. The molecule has 0 aliphatic heterocycles. The standard InChI is InChI=1S/C27H27NO4/c1-2-31-26(29)15-14-19-8-7-9-20(16-19)17-28-27(30)32-18-25-23-12-5-3-10-21(23)22-11-4-6-13-24(22)25/h3-13,16,25H,2,14-15,17-18H2,1H3,(H,28,30). The van der Waals surface area contributed by atoms with Crippen molar-refractivity contribution in [2.24, 2.45) is 0 Å². The number of ether oxygens (including phenoxy) is 2. The van der Waals surface area contributed by atoms with Crippen molar-refractivity contribution in [2.45, 2.75) is 32.2 Å². The van der Waals surface area contributed by atoms with Crippen LogP contribution in [0.4, 0.5) is 4.79 Å². The molecule has 3 aromatic carbocycles. The van der Waals surface area contributed by atoms with E-state index in [0.717, 1.165) is 11.1 Å². The number of amides is 1. The number of carbonyl (C=O) groups excluding carboxylic acids is 2. The average molecular weight is 430 g/mol. The van der Waals surface area contributed by atoms with Crippen LogP contribution in [0.15, 0.2) is 72.8 Å². The topological polar surface area (TPSA) is 64.6 Å². The first-order valence-electron chi connectivity index (χ1n) is 11.0. The Bertz CT molecular complexity index is 1060. The van der Waals surface area contributed by atoms with E-state index in [1.54, 1.807) is 6.92 Å². The second-order valence-electron chi connectivity index (χ2n) is 7.80. The molecule has 0 aromatic heterocycles. The molecule has 32 heavy (non-hydrogen) atoms. The summed E-state index contributed by atoms with van der Waals surface area (Å²) in [5.41, 5.74) is 6.78. The lowest BCUT2D eigenvalue weighted by Gasteiger charge is -2.14. The Hall–Kier alpha value is -3.60. The molecular formula is C27H27NO4. The third-order valence-electron chi connectivity index (χ3n) is 5.70. The lowest BCUT2D eigenvalue weighted by molar-refractivity contribution is -0.143. The molecule has 0 unspecified atom stereocenters. The Morgan fingerprint density at radius 3 is 2.19 bits per heavy atom. The van der Waals surface area contributed by atoms with Crippen LogP contribution in [0.25, 0.3) is 11.1 Å². The number of hydrogen-bond acceptors (Lipinski definition) is 4. The highest BCUT2D eigenvalue weighted by Gasteiger charge is 2.28. The molecular weight excluding hydrogens is 402 g/mol. The molecule has 0 saturated heterocycles. The predicted molar refractivity (Wildman–Crippen MR) is 123 cm³/mol. The maximum Gasteiger partial charge on any atom is 0.407 e. The monoisotopic (exact) mass is 429 g/mol. The molecule has 1 aliphatic rings. The normalized spacial score (nSPS) is 12.0. The third-order valence-corrected chi connectivity index (χ3v) is 5.70. The summed E-state index contributed by atoms with van der Waals surface area (Å²) in [6.45, 7) is 2.85. The molecule has 5 heteroatoms. The van der Waals surface area contributed by atoms with Gasteiger partial charge in [-0.05, 0) is 46.7 Å². The summed E-state index contributed by atoms with van der Waals surface area (Å²) in [5, 5.41) is 2.83. The van der Waals surface area contributed by atoms with Crippen molar-refractivity contribution >= 4 is 12.1 Å². The van der Waals surface area contributed by atoms with Gasteiger partial charge in [-0.15, -0.1) is 0 Å². The molecule has 164 valence electrons. The van der Waals surface area contributed by atoms with Gasteiger partial charge < -0.3 is 14.8 Å². The number of rotatable bonds is 8.